The maximum absolute atomic E-state index is 13.7. The van der Waals surface area contributed by atoms with Gasteiger partial charge in [0.1, 0.15) is 5.82 Å². The number of halogens is 2. The van der Waals surface area contributed by atoms with Gasteiger partial charge in [-0.1, -0.05) is 11.6 Å². The van der Waals surface area contributed by atoms with Gasteiger partial charge >= 0.3 is 5.97 Å². The topological polar surface area (TPSA) is 84.9 Å². The van der Waals surface area contributed by atoms with Crippen LogP contribution in [0.3, 0.4) is 0 Å². The Hall–Kier alpha value is -2.80. The Kier molecular flexibility index (Phi) is 6.05. The first-order valence-corrected chi connectivity index (χ1v) is 7.99. The van der Waals surface area contributed by atoms with E-state index in [2.05, 4.69) is 5.32 Å². The number of carbonyl (C=O) groups is 2. The summed E-state index contributed by atoms with van der Waals surface area (Å²) in [5.41, 5.74) is -0.201. The summed E-state index contributed by atoms with van der Waals surface area (Å²) < 4.78 is 24.5. The number of aromatic carboxylic acids is 1. The molecule has 0 aliphatic heterocycles. The minimum atomic E-state index is -1.39. The molecule has 6 nitrogen and oxygen atoms in total. The molecule has 0 spiro atoms. The molecule has 2 aromatic rings. The van der Waals surface area contributed by atoms with Gasteiger partial charge in [-0.2, -0.15) is 0 Å². The highest BCUT2D eigenvalue weighted by molar-refractivity contribution is 6.32. The molecule has 2 rings (SSSR count). The number of hydrogen-bond donors (Lipinski definition) is 2. The predicted molar refractivity (Wildman–Crippen MR) is 95.1 cm³/mol. The van der Waals surface area contributed by atoms with E-state index >= 15 is 0 Å². The molecule has 0 saturated heterocycles. The molecule has 0 unspecified atom stereocenters. The van der Waals surface area contributed by atoms with E-state index in [4.69, 9.17) is 26.2 Å². The Morgan fingerprint density at radius 3 is 2.46 bits per heavy atom. The Morgan fingerprint density at radius 1 is 1.23 bits per heavy atom. The van der Waals surface area contributed by atoms with Crippen molar-refractivity contribution < 1.29 is 28.6 Å². The summed E-state index contributed by atoms with van der Waals surface area (Å²) >= 11 is 6.14. The number of carboxylic acid groups (broad SMARTS) is 1. The van der Waals surface area contributed by atoms with Gasteiger partial charge in [0.15, 0.2) is 11.5 Å². The van der Waals surface area contributed by atoms with Gasteiger partial charge in [0.05, 0.1) is 23.8 Å². The molecule has 2 aromatic carbocycles. The van der Waals surface area contributed by atoms with Crippen LogP contribution in [0, 0.1) is 5.82 Å². The second-order valence-electron chi connectivity index (χ2n) is 5.61. The lowest BCUT2D eigenvalue weighted by Crippen LogP contribution is -2.14. The Labute approximate surface area is 154 Å². The molecule has 0 heterocycles. The van der Waals surface area contributed by atoms with Gasteiger partial charge in [-0.25, -0.2) is 9.18 Å². The maximum atomic E-state index is 13.7. The summed E-state index contributed by atoms with van der Waals surface area (Å²) in [5, 5.41) is 11.5. The SMILES string of the molecule is COc1c(Cl)cc(C(=O)Nc2ccc(C(=O)O)c(F)c2)cc1OC(C)C. The van der Waals surface area contributed by atoms with Crippen molar-refractivity contribution in [3.63, 3.8) is 0 Å². The van der Waals surface area contributed by atoms with Gasteiger partial charge in [-0.05, 0) is 44.2 Å². The first kappa shape index (κ1) is 19.5. The zero-order chi connectivity index (χ0) is 19.4. The lowest BCUT2D eigenvalue weighted by molar-refractivity contribution is 0.0691. The summed E-state index contributed by atoms with van der Waals surface area (Å²) in [6.45, 7) is 3.62. The molecule has 138 valence electrons. The number of nitrogens with one attached hydrogen (secondary N) is 1. The fourth-order valence-corrected chi connectivity index (χ4v) is 2.50. The fraction of sp³-hybridized carbons (Fsp3) is 0.222. The number of carboxylic acids is 1. The van der Waals surface area contributed by atoms with Crippen LogP contribution in [0.4, 0.5) is 10.1 Å². The van der Waals surface area contributed by atoms with E-state index in [0.717, 1.165) is 12.1 Å². The summed E-state index contributed by atoms with van der Waals surface area (Å²) in [6, 6.07) is 6.15. The van der Waals surface area contributed by atoms with Crippen LogP contribution in [0.25, 0.3) is 0 Å². The smallest absolute Gasteiger partial charge is 0.338 e. The minimum Gasteiger partial charge on any atom is -0.491 e. The predicted octanol–water partition coefficient (Wildman–Crippen LogP) is 4.23. The van der Waals surface area contributed by atoms with Gasteiger partial charge in [0, 0.05) is 11.3 Å². The Bertz CT molecular complexity index is 854. The summed E-state index contributed by atoms with van der Waals surface area (Å²) in [4.78, 5) is 23.3. The largest absolute Gasteiger partial charge is 0.491 e. The zero-order valence-electron chi connectivity index (χ0n) is 14.3. The highest BCUT2D eigenvalue weighted by Crippen LogP contribution is 2.37. The third-order valence-electron chi connectivity index (χ3n) is 3.30. The van der Waals surface area contributed by atoms with Crippen molar-refractivity contribution in [1.29, 1.82) is 0 Å². The van der Waals surface area contributed by atoms with E-state index in [0.29, 0.717) is 11.5 Å². The molecular formula is C18H17ClFNO5. The summed E-state index contributed by atoms with van der Waals surface area (Å²) in [5.74, 6) is -2.31. The molecule has 0 bridgehead atoms. The van der Waals surface area contributed by atoms with Gasteiger partial charge in [-0.15, -0.1) is 0 Å². The Balaban J connectivity index is 2.31. The number of amides is 1. The van der Waals surface area contributed by atoms with Crippen molar-refractivity contribution in [2.24, 2.45) is 0 Å². The molecule has 1 amide bonds. The van der Waals surface area contributed by atoms with Gasteiger partial charge in [0.2, 0.25) is 0 Å². The number of rotatable bonds is 6. The number of methoxy groups -OCH3 is 1. The first-order valence-electron chi connectivity index (χ1n) is 7.61. The number of anilines is 1. The third kappa shape index (κ3) is 4.43. The molecule has 8 heteroatoms. The summed E-state index contributed by atoms with van der Waals surface area (Å²) in [7, 11) is 1.43. The Morgan fingerprint density at radius 2 is 1.92 bits per heavy atom. The van der Waals surface area contributed by atoms with Gasteiger partial charge in [-0.3, -0.25) is 4.79 Å². The molecule has 0 aromatic heterocycles. The van der Waals surface area contributed by atoms with Crippen LogP contribution < -0.4 is 14.8 Å². The standard InChI is InChI=1S/C18H17ClFNO5/c1-9(2)26-15-7-10(6-13(19)16(15)25-3)17(22)21-11-4-5-12(18(23)24)14(20)8-11/h4-9H,1-3H3,(H,21,22)(H,23,24). The number of benzene rings is 2. The normalized spacial score (nSPS) is 10.5. The van der Waals surface area contributed by atoms with Crippen LogP contribution >= 0.6 is 11.6 Å². The highest BCUT2D eigenvalue weighted by atomic mass is 35.5. The van der Waals surface area contributed by atoms with Crippen LogP contribution in [0.2, 0.25) is 5.02 Å². The molecule has 2 N–H and O–H groups in total. The molecule has 0 saturated carbocycles. The minimum absolute atomic E-state index is 0.107. The molecule has 0 aliphatic rings. The van der Waals surface area contributed by atoms with Crippen LogP contribution in [-0.2, 0) is 0 Å². The molecule has 0 radical (unpaired) electrons. The summed E-state index contributed by atoms with van der Waals surface area (Å²) in [6.07, 6.45) is -0.170. The monoisotopic (exact) mass is 381 g/mol. The van der Waals surface area contributed by atoms with Crippen LogP contribution in [0.15, 0.2) is 30.3 Å². The van der Waals surface area contributed by atoms with Crippen molar-refractivity contribution in [2.45, 2.75) is 20.0 Å². The van der Waals surface area contributed by atoms with E-state index in [1.54, 1.807) is 0 Å². The lowest BCUT2D eigenvalue weighted by Gasteiger charge is -2.16. The van der Waals surface area contributed by atoms with Crippen molar-refractivity contribution in [3.8, 4) is 11.5 Å². The molecular weight excluding hydrogens is 365 g/mol. The fourth-order valence-electron chi connectivity index (χ4n) is 2.21. The molecule has 0 fully saturated rings. The second kappa shape index (κ2) is 8.05. The average Bonchev–Trinajstić information content (AvgIpc) is 2.53. The van der Waals surface area contributed by atoms with E-state index in [9.17, 15) is 14.0 Å². The van der Waals surface area contributed by atoms with E-state index in [1.807, 2.05) is 13.8 Å². The van der Waals surface area contributed by atoms with Crippen LogP contribution in [0.5, 0.6) is 11.5 Å². The molecule has 0 atom stereocenters. The molecule has 0 aliphatic carbocycles. The first-order chi connectivity index (χ1) is 12.2. The second-order valence-corrected chi connectivity index (χ2v) is 6.02. The van der Waals surface area contributed by atoms with Crippen LogP contribution in [-0.4, -0.2) is 30.2 Å². The van der Waals surface area contributed by atoms with Crippen molar-refractivity contribution in [1.82, 2.24) is 0 Å². The maximum Gasteiger partial charge on any atom is 0.338 e. The van der Waals surface area contributed by atoms with E-state index in [-0.39, 0.29) is 22.4 Å². The number of carbonyl (C=O) groups excluding carboxylic acids is 1. The van der Waals surface area contributed by atoms with Crippen molar-refractivity contribution in [3.05, 3.63) is 52.3 Å². The van der Waals surface area contributed by atoms with Crippen molar-refractivity contribution in [2.75, 3.05) is 12.4 Å². The lowest BCUT2D eigenvalue weighted by atomic mass is 10.1. The van der Waals surface area contributed by atoms with Gasteiger partial charge < -0.3 is 19.9 Å². The van der Waals surface area contributed by atoms with E-state index < -0.39 is 23.3 Å². The molecule has 26 heavy (non-hydrogen) atoms. The number of ether oxygens (including phenoxy) is 2. The van der Waals surface area contributed by atoms with E-state index in [1.165, 1.54) is 25.3 Å². The van der Waals surface area contributed by atoms with Gasteiger partial charge in [0.25, 0.3) is 5.91 Å². The van der Waals surface area contributed by atoms with Crippen molar-refractivity contribution >= 4 is 29.2 Å². The van der Waals surface area contributed by atoms with Crippen LogP contribution in [0.1, 0.15) is 34.6 Å². The zero-order valence-corrected chi connectivity index (χ0v) is 15.1. The number of hydrogen-bond acceptors (Lipinski definition) is 4. The average molecular weight is 382 g/mol. The highest BCUT2D eigenvalue weighted by Gasteiger charge is 2.18. The third-order valence-corrected chi connectivity index (χ3v) is 3.58. The quantitative estimate of drug-likeness (QED) is 0.782.